The summed E-state index contributed by atoms with van der Waals surface area (Å²) in [7, 11) is 1.65. The standard InChI is InChI=1S/C9H15N3O2S/c1-7-5-10-12-9(7)11-8(13)6-15-4-3-14-2/h5H,3-4,6H2,1-2H3,(H2,10,11,12,13). The molecule has 0 unspecified atom stereocenters. The first-order valence-electron chi connectivity index (χ1n) is 4.60. The summed E-state index contributed by atoms with van der Waals surface area (Å²) in [6.07, 6.45) is 1.67. The van der Waals surface area contributed by atoms with E-state index in [9.17, 15) is 4.79 Å². The van der Waals surface area contributed by atoms with Crippen LogP contribution in [0.2, 0.25) is 0 Å². The van der Waals surface area contributed by atoms with Gasteiger partial charge in [-0.05, 0) is 6.92 Å². The number of carbonyl (C=O) groups is 1. The lowest BCUT2D eigenvalue weighted by Crippen LogP contribution is -2.15. The number of anilines is 1. The Morgan fingerprint density at radius 1 is 1.73 bits per heavy atom. The zero-order chi connectivity index (χ0) is 11.1. The first kappa shape index (κ1) is 12.1. The third-order valence-electron chi connectivity index (χ3n) is 1.76. The van der Waals surface area contributed by atoms with Gasteiger partial charge in [-0.3, -0.25) is 9.89 Å². The molecule has 6 heteroatoms. The molecule has 0 aliphatic carbocycles. The molecule has 0 fully saturated rings. The van der Waals surface area contributed by atoms with Crippen molar-refractivity contribution in [3.8, 4) is 0 Å². The number of rotatable bonds is 6. The number of thioether (sulfide) groups is 1. The highest BCUT2D eigenvalue weighted by atomic mass is 32.2. The predicted octanol–water partition coefficient (Wildman–Crippen LogP) is 1.04. The Morgan fingerprint density at radius 3 is 3.13 bits per heavy atom. The lowest BCUT2D eigenvalue weighted by atomic mass is 10.4. The summed E-state index contributed by atoms with van der Waals surface area (Å²) in [5, 5.41) is 9.29. The number of methoxy groups -OCH3 is 1. The number of ether oxygens (including phenoxy) is 1. The van der Waals surface area contributed by atoms with E-state index in [4.69, 9.17) is 4.74 Å². The van der Waals surface area contributed by atoms with Crippen molar-refractivity contribution in [2.24, 2.45) is 0 Å². The highest BCUT2D eigenvalue weighted by molar-refractivity contribution is 7.99. The van der Waals surface area contributed by atoms with Crippen LogP contribution in [-0.4, -0.2) is 41.3 Å². The van der Waals surface area contributed by atoms with Crippen LogP contribution in [0.3, 0.4) is 0 Å². The lowest BCUT2D eigenvalue weighted by Gasteiger charge is -2.03. The second kappa shape index (κ2) is 6.47. The Balaban J connectivity index is 2.22. The molecule has 0 aliphatic rings. The summed E-state index contributed by atoms with van der Waals surface area (Å²) in [5.41, 5.74) is 0.935. The van der Waals surface area contributed by atoms with Gasteiger partial charge in [0.15, 0.2) is 0 Å². The first-order chi connectivity index (χ1) is 7.24. The molecule has 0 saturated heterocycles. The average Bonchev–Trinajstić information content (AvgIpc) is 2.59. The van der Waals surface area contributed by atoms with Crippen LogP contribution in [0, 0.1) is 6.92 Å². The molecule has 1 heterocycles. The van der Waals surface area contributed by atoms with Crippen LogP contribution >= 0.6 is 11.8 Å². The highest BCUT2D eigenvalue weighted by Gasteiger charge is 2.05. The van der Waals surface area contributed by atoms with Gasteiger partial charge >= 0.3 is 0 Å². The van der Waals surface area contributed by atoms with E-state index in [1.54, 1.807) is 25.1 Å². The second-order valence-corrected chi connectivity index (χ2v) is 4.13. The number of aromatic amines is 1. The van der Waals surface area contributed by atoms with Crippen LogP contribution in [0.5, 0.6) is 0 Å². The van der Waals surface area contributed by atoms with Crippen molar-refractivity contribution in [1.82, 2.24) is 10.2 Å². The summed E-state index contributed by atoms with van der Waals surface area (Å²) in [6, 6.07) is 0. The summed E-state index contributed by atoms with van der Waals surface area (Å²) < 4.78 is 4.88. The van der Waals surface area contributed by atoms with Crippen molar-refractivity contribution in [2.75, 3.05) is 30.5 Å². The fourth-order valence-corrected chi connectivity index (χ4v) is 1.64. The number of nitrogens with one attached hydrogen (secondary N) is 2. The Hall–Kier alpha value is -1.01. The molecule has 0 radical (unpaired) electrons. The van der Waals surface area contributed by atoms with E-state index in [2.05, 4.69) is 15.5 Å². The van der Waals surface area contributed by atoms with Gasteiger partial charge in [-0.25, -0.2) is 0 Å². The predicted molar refractivity (Wildman–Crippen MR) is 61.2 cm³/mol. The van der Waals surface area contributed by atoms with Gasteiger partial charge in [0, 0.05) is 18.4 Å². The molecule has 84 valence electrons. The van der Waals surface area contributed by atoms with Crippen molar-refractivity contribution >= 4 is 23.5 Å². The second-order valence-electron chi connectivity index (χ2n) is 3.02. The summed E-state index contributed by atoms with van der Waals surface area (Å²) >= 11 is 1.54. The Bertz CT molecular complexity index is 314. The van der Waals surface area contributed by atoms with Gasteiger partial charge in [-0.15, -0.1) is 11.8 Å². The molecule has 1 rings (SSSR count). The van der Waals surface area contributed by atoms with Gasteiger partial charge in [0.2, 0.25) is 5.91 Å². The van der Waals surface area contributed by atoms with Gasteiger partial charge in [0.05, 0.1) is 18.6 Å². The average molecular weight is 229 g/mol. The first-order valence-corrected chi connectivity index (χ1v) is 5.76. The van der Waals surface area contributed by atoms with E-state index in [0.717, 1.165) is 11.3 Å². The lowest BCUT2D eigenvalue weighted by molar-refractivity contribution is -0.113. The van der Waals surface area contributed by atoms with Gasteiger partial charge < -0.3 is 10.1 Å². The molecular formula is C9H15N3O2S. The maximum absolute atomic E-state index is 11.4. The van der Waals surface area contributed by atoms with Crippen LogP contribution in [-0.2, 0) is 9.53 Å². The third kappa shape index (κ3) is 4.35. The number of aryl methyl sites for hydroxylation is 1. The minimum Gasteiger partial charge on any atom is -0.384 e. The molecular weight excluding hydrogens is 214 g/mol. The number of amides is 1. The zero-order valence-electron chi connectivity index (χ0n) is 8.87. The number of H-pyrrole nitrogens is 1. The minimum atomic E-state index is -0.0246. The van der Waals surface area contributed by atoms with Crippen molar-refractivity contribution in [1.29, 1.82) is 0 Å². The number of hydrogen-bond acceptors (Lipinski definition) is 4. The van der Waals surface area contributed by atoms with Crippen molar-refractivity contribution in [3.63, 3.8) is 0 Å². The molecule has 0 spiro atoms. The van der Waals surface area contributed by atoms with Gasteiger partial charge in [-0.2, -0.15) is 5.10 Å². The van der Waals surface area contributed by atoms with Crippen molar-refractivity contribution in [3.05, 3.63) is 11.8 Å². The van der Waals surface area contributed by atoms with Crippen LogP contribution in [0.25, 0.3) is 0 Å². The maximum Gasteiger partial charge on any atom is 0.235 e. The van der Waals surface area contributed by atoms with Crippen LogP contribution in [0.15, 0.2) is 6.20 Å². The zero-order valence-corrected chi connectivity index (χ0v) is 9.69. The van der Waals surface area contributed by atoms with Crippen LogP contribution in [0.4, 0.5) is 5.82 Å². The quantitative estimate of drug-likeness (QED) is 0.715. The molecule has 2 N–H and O–H groups in total. The number of aromatic nitrogens is 2. The summed E-state index contributed by atoms with van der Waals surface area (Å²) in [5.74, 6) is 1.91. The fourth-order valence-electron chi connectivity index (χ4n) is 0.956. The van der Waals surface area contributed by atoms with Gasteiger partial charge in [-0.1, -0.05) is 0 Å². The largest absolute Gasteiger partial charge is 0.384 e. The smallest absolute Gasteiger partial charge is 0.235 e. The van der Waals surface area contributed by atoms with E-state index in [1.807, 2.05) is 6.92 Å². The molecule has 15 heavy (non-hydrogen) atoms. The van der Waals surface area contributed by atoms with Crippen LogP contribution < -0.4 is 5.32 Å². The topological polar surface area (TPSA) is 67.0 Å². The van der Waals surface area contributed by atoms with Crippen molar-refractivity contribution < 1.29 is 9.53 Å². The molecule has 1 amide bonds. The van der Waals surface area contributed by atoms with E-state index in [1.165, 1.54) is 0 Å². The number of hydrogen-bond donors (Lipinski definition) is 2. The summed E-state index contributed by atoms with van der Waals surface area (Å²) in [4.78, 5) is 11.4. The normalized spacial score (nSPS) is 10.3. The van der Waals surface area contributed by atoms with E-state index < -0.39 is 0 Å². The minimum absolute atomic E-state index is 0.0246. The molecule has 0 aromatic carbocycles. The number of nitrogens with zero attached hydrogens (tertiary/aromatic N) is 1. The van der Waals surface area contributed by atoms with Crippen LogP contribution in [0.1, 0.15) is 5.56 Å². The molecule has 1 aromatic heterocycles. The molecule has 0 atom stereocenters. The maximum atomic E-state index is 11.4. The molecule has 0 bridgehead atoms. The third-order valence-corrected chi connectivity index (χ3v) is 2.68. The van der Waals surface area contributed by atoms with E-state index in [-0.39, 0.29) is 5.91 Å². The van der Waals surface area contributed by atoms with Crippen molar-refractivity contribution in [2.45, 2.75) is 6.92 Å². The highest BCUT2D eigenvalue weighted by Crippen LogP contribution is 2.09. The van der Waals surface area contributed by atoms with E-state index in [0.29, 0.717) is 18.2 Å². The van der Waals surface area contributed by atoms with E-state index >= 15 is 0 Å². The monoisotopic (exact) mass is 229 g/mol. The Kier molecular flexibility index (Phi) is 5.20. The summed E-state index contributed by atoms with van der Waals surface area (Å²) in [6.45, 7) is 2.55. The van der Waals surface area contributed by atoms with Gasteiger partial charge in [0.1, 0.15) is 5.82 Å². The molecule has 5 nitrogen and oxygen atoms in total. The Labute approximate surface area is 93.0 Å². The Morgan fingerprint density at radius 2 is 2.53 bits per heavy atom. The fraction of sp³-hybridized carbons (Fsp3) is 0.556. The molecule has 0 aliphatic heterocycles. The molecule has 1 aromatic rings. The van der Waals surface area contributed by atoms with Gasteiger partial charge in [0.25, 0.3) is 0 Å². The SMILES string of the molecule is COCCSCC(=O)Nc1[nH]ncc1C. The number of carbonyl (C=O) groups excluding carboxylic acids is 1. The molecule has 0 saturated carbocycles.